The summed E-state index contributed by atoms with van der Waals surface area (Å²) < 4.78 is 23.2. The molecule has 1 saturated heterocycles. The molecule has 1 heterocycles. The maximum Gasteiger partial charge on any atom is 0.233 e. The van der Waals surface area contributed by atoms with Gasteiger partial charge >= 0.3 is 0 Å². The topological polar surface area (TPSA) is 63.2 Å². The molecule has 27 heavy (non-hydrogen) atoms. The van der Waals surface area contributed by atoms with Crippen LogP contribution >= 0.6 is 23.4 Å². The Balaban J connectivity index is 1.73. The lowest BCUT2D eigenvalue weighted by Gasteiger charge is -2.22. The molecular weight excluding hydrogens is 402 g/mol. The van der Waals surface area contributed by atoms with Crippen molar-refractivity contribution in [2.24, 2.45) is 0 Å². The second kappa shape index (κ2) is 8.67. The van der Waals surface area contributed by atoms with Gasteiger partial charge in [0.05, 0.1) is 22.0 Å². The van der Waals surface area contributed by atoms with E-state index in [0.717, 1.165) is 11.1 Å². The molecule has 0 radical (unpaired) electrons. The number of halogens is 1. The number of nitrogens with one attached hydrogen (secondary N) is 1. The Bertz CT molecular complexity index is 885. The third-order valence-corrected chi connectivity index (χ3v) is 8.02. The lowest BCUT2D eigenvalue weighted by Crippen LogP contribution is -2.40. The monoisotopic (exact) mass is 423 g/mol. The van der Waals surface area contributed by atoms with Crippen molar-refractivity contribution in [1.82, 2.24) is 5.32 Å². The van der Waals surface area contributed by atoms with Gasteiger partial charge in [-0.1, -0.05) is 54.1 Å². The number of thioether (sulfide) groups is 1. The average molecular weight is 424 g/mol. The normalized spacial score (nSPS) is 20.7. The molecule has 0 aliphatic carbocycles. The lowest BCUT2D eigenvalue weighted by atomic mass is 10.0. The number of benzene rings is 2. The van der Waals surface area contributed by atoms with E-state index in [9.17, 15) is 13.2 Å². The van der Waals surface area contributed by atoms with E-state index in [-0.39, 0.29) is 34.0 Å². The summed E-state index contributed by atoms with van der Waals surface area (Å²) in [5.41, 5.74) is 2.17. The van der Waals surface area contributed by atoms with Gasteiger partial charge in [0.25, 0.3) is 0 Å². The van der Waals surface area contributed by atoms with Crippen molar-refractivity contribution >= 4 is 39.1 Å². The fourth-order valence-corrected chi connectivity index (χ4v) is 6.14. The number of amides is 1. The fourth-order valence-electron chi connectivity index (χ4n) is 3.11. The molecule has 3 unspecified atom stereocenters. The fraction of sp³-hybridized carbons (Fsp3) is 0.350. The molecule has 2 aromatic rings. The third kappa shape index (κ3) is 5.50. The SMILES string of the molecule is CC(SC(c1ccccc1)c1ccc(Cl)cc1)C(=O)NC1CCS(=O)(=O)C1. The first-order valence-corrected chi connectivity index (χ1v) is 11.9. The molecule has 1 aliphatic heterocycles. The number of carbonyl (C=O) groups is 1. The van der Waals surface area contributed by atoms with Crippen molar-refractivity contribution in [3.8, 4) is 0 Å². The predicted molar refractivity (Wildman–Crippen MR) is 112 cm³/mol. The first-order valence-electron chi connectivity index (χ1n) is 8.81. The largest absolute Gasteiger partial charge is 0.351 e. The van der Waals surface area contributed by atoms with Crippen LogP contribution in [0.5, 0.6) is 0 Å². The average Bonchev–Trinajstić information content (AvgIpc) is 2.99. The van der Waals surface area contributed by atoms with Crippen LogP contribution in [0.15, 0.2) is 54.6 Å². The van der Waals surface area contributed by atoms with E-state index in [1.165, 1.54) is 0 Å². The van der Waals surface area contributed by atoms with Gasteiger partial charge in [-0.15, -0.1) is 11.8 Å². The van der Waals surface area contributed by atoms with Crippen LogP contribution in [0.3, 0.4) is 0 Å². The van der Waals surface area contributed by atoms with Crippen LogP contribution in [0, 0.1) is 0 Å². The highest BCUT2D eigenvalue weighted by atomic mass is 35.5. The van der Waals surface area contributed by atoms with Gasteiger partial charge in [0.2, 0.25) is 5.91 Å². The smallest absolute Gasteiger partial charge is 0.233 e. The summed E-state index contributed by atoms with van der Waals surface area (Å²) in [6, 6.07) is 17.4. The molecule has 3 rings (SSSR count). The van der Waals surface area contributed by atoms with Gasteiger partial charge in [0.15, 0.2) is 9.84 Å². The van der Waals surface area contributed by atoms with Crippen molar-refractivity contribution in [2.45, 2.75) is 29.9 Å². The number of hydrogen-bond donors (Lipinski definition) is 1. The minimum atomic E-state index is -3.01. The molecule has 2 aromatic carbocycles. The number of hydrogen-bond acceptors (Lipinski definition) is 4. The van der Waals surface area contributed by atoms with E-state index in [0.29, 0.717) is 11.4 Å². The van der Waals surface area contributed by atoms with E-state index in [4.69, 9.17) is 11.6 Å². The van der Waals surface area contributed by atoms with E-state index in [2.05, 4.69) is 5.32 Å². The quantitative estimate of drug-likeness (QED) is 0.766. The highest BCUT2D eigenvalue weighted by Crippen LogP contribution is 2.38. The van der Waals surface area contributed by atoms with Crippen molar-refractivity contribution in [3.63, 3.8) is 0 Å². The maximum atomic E-state index is 12.6. The van der Waals surface area contributed by atoms with Crippen LogP contribution in [-0.2, 0) is 14.6 Å². The second-order valence-electron chi connectivity index (χ2n) is 6.73. The molecule has 1 fully saturated rings. The summed E-state index contributed by atoms with van der Waals surface area (Å²) in [6.45, 7) is 1.86. The van der Waals surface area contributed by atoms with Gasteiger partial charge in [-0.25, -0.2) is 8.42 Å². The first-order chi connectivity index (χ1) is 12.8. The van der Waals surface area contributed by atoms with E-state index in [1.807, 2.05) is 61.5 Å². The van der Waals surface area contributed by atoms with Crippen LogP contribution in [0.4, 0.5) is 0 Å². The molecule has 0 bridgehead atoms. The minimum Gasteiger partial charge on any atom is -0.351 e. The summed E-state index contributed by atoms with van der Waals surface area (Å²) in [5.74, 6) is 0.0590. The standard InChI is InChI=1S/C20H22ClNO3S2/c1-14(20(23)22-18-11-12-27(24,25)13-18)26-19(15-5-3-2-4-6-15)16-7-9-17(21)10-8-16/h2-10,14,18-19H,11-13H2,1H3,(H,22,23). The predicted octanol–water partition coefficient (Wildman–Crippen LogP) is 3.85. The van der Waals surface area contributed by atoms with Gasteiger partial charge < -0.3 is 5.32 Å². The molecule has 7 heteroatoms. The van der Waals surface area contributed by atoms with Gasteiger partial charge in [0.1, 0.15) is 0 Å². The minimum absolute atomic E-state index is 0.0171. The number of carbonyl (C=O) groups excluding carboxylic acids is 1. The maximum absolute atomic E-state index is 12.6. The van der Waals surface area contributed by atoms with Crippen molar-refractivity contribution < 1.29 is 13.2 Å². The summed E-state index contributed by atoms with van der Waals surface area (Å²) in [6.07, 6.45) is 0.491. The molecule has 0 spiro atoms. The van der Waals surface area contributed by atoms with Crippen LogP contribution in [0.2, 0.25) is 5.02 Å². The van der Waals surface area contributed by atoms with Gasteiger partial charge in [-0.3, -0.25) is 4.79 Å². The molecule has 3 atom stereocenters. The Hall–Kier alpha value is -1.50. The van der Waals surface area contributed by atoms with E-state index in [1.54, 1.807) is 11.8 Å². The summed E-state index contributed by atoms with van der Waals surface area (Å²) in [5, 5.41) is 3.22. The van der Waals surface area contributed by atoms with Gasteiger partial charge in [-0.05, 0) is 36.6 Å². The Kier molecular flexibility index (Phi) is 6.50. The molecule has 1 amide bonds. The Morgan fingerprint density at radius 2 is 1.74 bits per heavy atom. The zero-order valence-electron chi connectivity index (χ0n) is 15.0. The van der Waals surface area contributed by atoms with Crippen LogP contribution in [0.25, 0.3) is 0 Å². The molecule has 0 aromatic heterocycles. The van der Waals surface area contributed by atoms with Gasteiger partial charge in [-0.2, -0.15) is 0 Å². The number of rotatable bonds is 6. The summed E-state index contributed by atoms with van der Waals surface area (Å²) >= 11 is 7.56. The van der Waals surface area contributed by atoms with Crippen molar-refractivity contribution in [3.05, 3.63) is 70.7 Å². The highest BCUT2D eigenvalue weighted by Gasteiger charge is 2.31. The molecule has 1 N–H and O–H groups in total. The Labute approximate surface area is 169 Å². The molecule has 4 nitrogen and oxygen atoms in total. The zero-order chi connectivity index (χ0) is 19.4. The Morgan fingerprint density at radius 3 is 2.33 bits per heavy atom. The van der Waals surface area contributed by atoms with Crippen LogP contribution in [-0.4, -0.2) is 37.1 Å². The third-order valence-electron chi connectivity index (χ3n) is 4.56. The number of sulfone groups is 1. The summed E-state index contributed by atoms with van der Waals surface area (Å²) in [4.78, 5) is 12.6. The zero-order valence-corrected chi connectivity index (χ0v) is 17.4. The second-order valence-corrected chi connectivity index (χ2v) is 10.8. The molecular formula is C20H22ClNO3S2. The Morgan fingerprint density at radius 1 is 1.11 bits per heavy atom. The van der Waals surface area contributed by atoms with Crippen molar-refractivity contribution in [2.75, 3.05) is 11.5 Å². The van der Waals surface area contributed by atoms with E-state index < -0.39 is 9.84 Å². The summed E-state index contributed by atoms with van der Waals surface area (Å²) in [7, 11) is -3.01. The molecule has 1 aliphatic rings. The van der Waals surface area contributed by atoms with Crippen LogP contribution in [0.1, 0.15) is 29.7 Å². The van der Waals surface area contributed by atoms with Crippen LogP contribution < -0.4 is 5.32 Å². The lowest BCUT2D eigenvalue weighted by molar-refractivity contribution is -0.120. The highest BCUT2D eigenvalue weighted by molar-refractivity contribution is 8.01. The van der Waals surface area contributed by atoms with E-state index >= 15 is 0 Å². The molecule has 144 valence electrons. The van der Waals surface area contributed by atoms with Gasteiger partial charge in [0, 0.05) is 11.1 Å². The molecule has 0 saturated carbocycles. The van der Waals surface area contributed by atoms with Crippen molar-refractivity contribution in [1.29, 1.82) is 0 Å². The first kappa shape index (κ1) is 20.2.